The number of nitriles is 1. The normalized spacial score (nSPS) is 9.71. The Balaban J connectivity index is 2.35. The highest BCUT2D eigenvalue weighted by molar-refractivity contribution is 6.31. The number of benzene rings is 1. The number of rotatable bonds is 2. The first-order chi connectivity index (χ1) is 8.19. The number of para-hydroxylation sites is 1. The minimum absolute atomic E-state index is 0.0121. The van der Waals surface area contributed by atoms with E-state index in [9.17, 15) is 0 Å². The van der Waals surface area contributed by atoms with Gasteiger partial charge in [0.05, 0.1) is 11.3 Å². The van der Waals surface area contributed by atoms with E-state index >= 15 is 0 Å². The SMILES string of the molecule is N#Cc1ccccc1Nc1nc(Cl)nc(Cl)n1. The first-order valence-corrected chi connectivity index (χ1v) is 5.28. The molecule has 0 aliphatic heterocycles. The van der Waals surface area contributed by atoms with Gasteiger partial charge < -0.3 is 5.32 Å². The van der Waals surface area contributed by atoms with E-state index in [-0.39, 0.29) is 16.5 Å². The fourth-order valence-corrected chi connectivity index (χ4v) is 1.56. The zero-order valence-corrected chi connectivity index (χ0v) is 9.87. The first-order valence-electron chi connectivity index (χ1n) is 4.52. The Morgan fingerprint density at radius 2 is 1.71 bits per heavy atom. The van der Waals surface area contributed by atoms with Crippen molar-refractivity contribution in [1.82, 2.24) is 15.0 Å². The quantitative estimate of drug-likeness (QED) is 0.904. The minimum atomic E-state index is -0.0121. The fraction of sp³-hybridized carbons (Fsp3) is 0. The molecule has 2 rings (SSSR count). The molecule has 7 heteroatoms. The second-order valence-corrected chi connectivity index (χ2v) is 3.66. The summed E-state index contributed by atoms with van der Waals surface area (Å²) in [5.41, 5.74) is 1.05. The Bertz CT molecular complexity index is 573. The number of nitrogens with one attached hydrogen (secondary N) is 1. The molecule has 5 nitrogen and oxygen atoms in total. The molecule has 0 atom stereocenters. The van der Waals surface area contributed by atoms with Gasteiger partial charge in [-0.1, -0.05) is 12.1 Å². The molecule has 0 fully saturated rings. The van der Waals surface area contributed by atoms with Crippen molar-refractivity contribution in [3.63, 3.8) is 0 Å². The van der Waals surface area contributed by atoms with Gasteiger partial charge in [0.15, 0.2) is 0 Å². The number of nitrogens with zero attached hydrogens (tertiary/aromatic N) is 4. The van der Waals surface area contributed by atoms with Crippen LogP contribution in [-0.2, 0) is 0 Å². The largest absolute Gasteiger partial charge is 0.323 e. The van der Waals surface area contributed by atoms with Gasteiger partial charge in [-0.05, 0) is 35.3 Å². The van der Waals surface area contributed by atoms with Crippen LogP contribution in [0.1, 0.15) is 5.56 Å². The monoisotopic (exact) mass is 265 g/mol. The maximum Gasteiger partial charge on any atom is 0.232 e. The van der Waals surface area contributed by atoms with Crippen LogP contribution >= 0.6 is 23.2 Å². The van der Waals surface area contributed by atoms with Crippen LogP contribution in [0.25, 0.3) is 0 Å². The molecule has 1 N–H and O–H groups in total. The summed E-state index contributed by atoms with van der Waals surface area (Å²) in [4.78, 5) is 11.3. The summed E-state index contributed by atoms with van der Waals surface area (Å²) in [6, 6.07) is 8.99. The van der Waals surface area contributed by atoms with Crippen molar-refractivity contribution >= 4 is 34.8 Å². The molecule has 0 spiro atoms. The predicted octanol–water partition coefficient (Wildman–Crippen LogP) is 2.79. The van der Waals surface area contributed by atoms with E-state index < -0.39 is 0 Å². The lowest BCUT2D eigenvalue weighted by Gasteiger charge is -2.06. The molecule has 1 aromatic carbocycles. The Morgan fingerprint density at radius 1 is 1.06 bits per heavy atom. The van der Waals surface area contributed by atoms with E-state index in [1.165, 1.54) is 0 Å². The molecule has 17 heavy (non-hydrogen) atoms. The molecule has 0 amide bonds. The summed E-state index contributed by atoms with van der Waals surface area (Å²) >= 11 is 11.3. The third-order valence-electron chi connectivity index (χ3n) is 1.87. The minimum Gasteiger partial charge on any atom is -0.323 e. The molecule has 0 unspecified atom stereocenters. The van der Waals surface area contributed by atoms with Gasteiger partial charge in [0.1, 0.15) is 6.07 Å². The van der Waals surface area contributed by atoms with Crippen LogP contribution in [0.3, 0.4) is 0 Å². The first kappa shape index (κ1) is 11.6. The van der Waals surface area contributed by atoms with Gasteiger partial charge in [0.2, 0.25) is 16.5 Å². The van der Waals surface area contributed by atoms with Crippen molar-refractivity contribution in [3.8, 4) is 6.07 Å². The number of anilines is 2. The van der Waals surface area contributed by atoms with Crippen molar-refractivity contribution in [2.75, 3.05) is 5.32 Å². The smallest absolute Gasteiger partial charge is 0.232 e. The average Bonchev–Trinajstić information content (AvgIpc) is 2.28. The molecule has 0 saturated heterocycles. The molecular formula is C10H5Cl2N5. The molecule has 84 valence electrons. The second-order valence-electron chi connectivity index (χ2n) is 2.98. The van der Waals surface area contributed by atoms with E-state index in [2.05, 4.69) is 20.3 Å². The standard InChI is InChI=1S/C10H5Cl2N5/c11-8-15-9(12)17-10(16-8)14-7-4-2-1-3-6(7)5-13/h1-4H,(H,14,15,16,17). The molecule has 0 bridgehead atoms. The topological polar surface area (TPSA) is 74.5 Å². The molecule has 0 aliphatic rings. The molecule has 2 aromatic rings. The van der Waals surface area contributed by atoms with E-state index in [0.29, 0.717) is 11.3 Å². The van der Waals surface area contributed by atoms with Gasteiger partial charge in [-0.15, -0.1) is 0 Å². The number of hydrogen-bond donors (Lipinski definition) is 1. The molecular weight excluding hydrogens is 261 g/mol. The molecule has 0 aliphatic carbocycles. The third kappa shape index (κ3) is 2.81. The van der Waals surface area contributed by atoms with Crippen LogP contribution in [0, 0.1) is 11.3 Å². The van der Waals surface area contributed by atoms with Crippen LogP contribution in [-0.4, -0.2) is 15.0 Å². The highest BCUT2D eigenvalue weighted by atomic mass is 35.5. The van der Waals surface area contributed by atoms with Crippen molar-refractivity contribution in [2.45, 2.75) is 0 Å². The van der Waals surface area contributed by atoms with Crippen molar-refractivity contribution in [1.29, 1.82) is 5.26 Å². The Kier molecular flexibility index (Phi) is 3.38. The fourth-order valence-electron chi connectivity index (χ4n) is 1.19. The number of aromatic nitrogens is 3. The van der Waals surface area contributed by atoms with Gasteiger partial charge in [-0.3, -0.25) is 0 Å². The number of halogens is 2. The zero-order chi connectivity index (χ0) is 12.3. The highest BCUT2D eigenvalue weighted by Crippen LogP contribution is 2.19. The lowest BCUT2D eigenvalue weighted by Crippen LogP contribution is -2.00. The molecule has 1 heterocycles. The van der Waals surface area contributed by atoms with E-state index in [0.717, 1.165) is 0 Å². The van der Waals surface area contributed by atoms with Crippen LogP contribution in [0.15, 0.2) is 24.3 Å². The summed E-state index contributed by atoms with van der Waals surface area (Å²) in [6.45, 7) is 0. The average molecular weight is 266 g/mol. The van der Waals surface area contributed by atoms with E-state index in [4.69, 9.17) is 28.5 Å². The molecule has 0 radical (unpaired) electrons. The van der Waals surface area contributed by atoms with Crippen LogP contribution in [0.2, 0.25) is 10.6 Å². The Hall–Kier alpha value is -1.90. The summed E-state index contributed by atoms with van der Waals surface area (Å²) in [5, 5.41) is 11.7. The van der Waals surface area contributed by atoms with Gasteiger partial charge in [-0.2, -0.15) is 20.2 Å². The highest BCUT2D eigenvalue weighted by Gasteiger charge is 2.06. The maximum atomic E-state index is 8.91. The lowest BCUT2D eigenvalue weighted by atomic mass is 10.2. The zero-order valence-electron chi connectivity index (χ0n) is 8.35. The third-order valence-corrected chi connectivity index (χ3v) is 2.21. The maximum absolute atomic E-state index is 8.91. The summed E-state index contributed by atoms with van der Waals surface area (Å²) in [7, 11) is 0. The Morgan fingerprint density at radius 3 is 2.35 bits per heavy atom. The van der Waals surface area contributed by atoms with Gasteiger partial charge in [-0.25, -0.2) is 0 Å². The van der Waals surface area contributed by atoms with Gasteiger partial charge in [0.25, 0.3) is 0 Å². The molecule has 1 aromatic heterocycles. The van der Waals surface area contributed by atoms with E-state index in [1.54, 1.807) is 24.3 Å². The van der Waals surface area contributed by atoms with E-state index in [1.807, 2.05) is 6.07 Å². The predicted molar refractivity (Wildman–Crippen MR) is 64.3 cm³/mol. The summed E-state index contributed by atoms with van der Waals surface area (Å²) in [5.74, 6) is 0.192. The number of hydrogen-bond acceptors (Lipinski definition) is 5. The summed E-state index contributed by atoms with van der Waals surface area (Å²) < 4.78 is 0. The van der Waals surface area contributed by atoms with Crippen LogP contribution in [0.5, 0.6) is 0 Å². The van der Waals surface area contributed by atoms with Crippen LogP contribution < -0.4 is 5.32 Å². The second kappa shape index (κ2) is 4.95. The van der Waals surface area contributed by atoms with Crippen LogP contribution in [0.4, 0.5) is 11.6 Å². The van der Waals surface area contributed by atoms with Crippen molar-refractivity contribution in [3.05, 3.63) is 40.4 Å². The van der Waals surface area contributed by atoms with Crippen molar-refractivity contribution in [2.24, 2.45) is 0 Å². The summed E-state index contributed by atoms with van der Waals surface area (Å²) in [6.07, 6.45) is 0. The van der Waals surface area contributed by atoms with Crippen molar-refractivity contribution < 1.29 is 0 Å². The Labute approximate surface area is 107 Å². The lowest BCUT2D eigenvalue weighted by molar-refractivity contribution is 1.05. The molecule has 0 saturated carbocycles. The van der Waals surface area contributed by atoms with Gasteiger partial charge >= 0.3 is 0 Å². The van der Waals surface area contributed by atoms with Gasteiger partial charge in [0, 0.05) is 0 Å².